The van der Waals surface area contributed by atoms with Crippen LogP contribution in [-0.4, -0.2) is 18.2 Å². The second kappa shape index (κ2) is 12.0. The van der Waals surface area contributed by atoms with E-state index in [0.29, 0.717) is 29.7 Å². The van der Waals surface area contributed by atoms with Crippen LogP contribution in [0.5, 0.6) is 11.5 Å². The molecule has 0 spiro atoms. The van der Waals surface area contributed by atoms with Gasteiger partial charge in [0.05, 0.1) is 24.0 Å². The van der Waals surface area contributed by atoms with Crippen LogP contribution in [0.15, 0.2) is 108 Å². The molecule has 44 heavy (non-hydrogen) atoms. The Kier molecular flexibility index (Phi) is 7.91. The fraction of sp³-hybridized carbons (Fsp3) is 0.222. The summed E-state index contributed by atoms with van der Waals surface area (Å²) in [6.07, 6.45) is 0.956. The lowest BCUT2D eigenvalue weighted by Crippen LogP contribution is -2.41. The average molecular weight is 594 g/mol. The van der Waals surface area contributed by atoms with Gasteiger partial charge in [-0.1, -0.05) is 62.4 Å². The molecule has 224 valence electrons. The summed E-state index contributed by atoms with van der Waals surface area (Å²) in [6.45, 7) is 4.24. The summed E-state index contributed by atoms with van der Waals surface area (Å²) >= 11 is 0. The summed E-state index contributed by atoms with van der Waals surface area (Å²) in [5, 5.41) is 6.45. The predicted molar refractivity (Wildman–Crippen MR) is 166 cm³/mol. The number of nitrogens with one attached hydrogen (secondary N) is 2. The molecule has 0 radical (unpaired) electrons. The van der Waals surface area contributed by atoms with Gasteiger partial charge in [-0.15, -0.1) is 0 Å². The third-order valence-electron chi connectivity index (χ3n) is 7.96. The van der Waals surface area contributed by atoms with Crippen LogP contribution in [0, 0.1) is 17.0 Å². The van der Waals surface area contributed by atoms with Gasteiger partial charge in [0, 0.05) is 24.2 Å². The molecule has 1 atom stereocenters. The minimum atomic E-state index is -0.708. The fourth-order valence-corrected chi connectivity index (χ4v) is 5.97. The monoisotopic (exact) mass is 593 g/mol. The lowest BCUT2D eigenvalue weighted by molar-refractivity contribution is -0.120. The van der Waals surface area contributed by atoms with Crippen molar-refractivity contribution in [3.8, 4) is 11.5 Å². The summed E-state index contributed by atoms with van der Waals surface area (Å²) in [6, 6.07) is 26.4. The van der Waals surface area contributed by atoms with E-state index in [0.717, 1.165) is 22.6 Å². The third kappa shape index (κ3) is 6.20. The van der Waals surface area contributed by atoms with Gasteiger partial charge in [-0.05, 0) is 71.5 Å². The number of rotatable bonds is 7. The Bertz CT molecular complexity index is 1740. The van der Waals surface area contributed by atoms with Crippen molar-refractivity contribution in [2.75, 3.05) is 16.8 Å². The molecule has 1 aliphatic heterocycles. The Morgan fingerprint density at radius 1 is 0.955 bits per heavy atom. The Balaban J connectivity index is 1.43. The summed E-state index contributed by atoms with van der Waals surface area (Å²) in [4.78, 5) is 29.4. The average Bonchev–Trinajstić information content (AvgIpc) is 3.12. The van der Waals surface area contributed by atoms with E-state index in [1.807, 2.05) is 35.2 Å². The molecule has 1 unspecified atom stereocenters. The number of ether oxygens (including phenoxy) is 1. The SMILES string of the molecule is CC1(C)CC(=O)C2=C(C1)Nc1ccccc1N(CC(=O)NCc1ccc(F)cc1)C2c1ccc(F)c(Oc2ccccc2)c1. The van der Waals surface area contributed by atoms with Crippen molar-refractivity contribution in [3.63, 3.8) is 0 Å². The summed E-state index contributed by atoms with van der Waals surface area (Å²) in [5.41, 5.74) is 3.92. The molecule has 0 saturated heterocycles. The van der Waals surface area contributed by atoms with Gasteiger partial charge >= 0.3 is 0 Å². The number of halogens is 2. The van der Waals surface area contributed by atoms with Crippen molar-refractivity contribution in [1.29, 1.82) is 0 Å². The van der Waals surface area contributed by atoms with Gasteiger partial charge in [-0.25, -0.2) is 8.78 Å². The van der Waals surface area contributed by atoms with Crippen molar-refractivity contribution in [2.24, 2.45) is 5.41 Å². The van der Waals surface area contributed by atoms with Crippen molar-refractivity contribution in [3.05, 3.63) is 131 Å². The van der Waals surface area contributed by atoms with Gasteiger partial charge in [0.1, 0.15) is 11.6 Å². The molecule has 8 heteroatoms. The number of anilines is 2. The maximum absolute atomic E-state index is 15.1. The Hall–Kier alpha value is -4.98. The van der Waals surface area contributed by atoms with E-state index < -0.39 is 11.9 Å². The van der Waals surface area contributed by atoms with E-state index in [9.17, 15) is 14.0 Å². The van der Waals surface area contributed by atoms with Crippen molar-refractivity contribution in [1.82, 2.24) is 5.32 Å². The number of carbonyl (C=O) groups is 2. The number of benzene rings is 4. The van der Waals surface area contributed by atoms with E-state index >= 15 is 4.39 Å². The molecular weight excluding hydrogens is 560 g/mol. The number of ketones is 1. The number of carbonyl (C=O) groups excluding carboxylic acids is 2. The quantitative estimate of drug-likeness (QED) is 0.230. The summed E-state index contributed by atoms with van der Waals surface area (Å²) in [7, 11) is 0. The van der Waals surface area contributed by atoms with E-state index in [4.69, 9.17) is 4.74 Å². The maximum atomic E-state index is 15.1. The highest BCUT2D eigenvalue weighted by atomic mass is 19.1. The van der Waals surface area contributed by atoms with Crippen LogP contribution in [-0.2, 0) is 16.1 Å². The first-order valence-electron chi connectivity index (χ1n) is 14.6. The largest absolute Gasteiger partial charge is 0.454 e. The first-order chi connectivity index (χ1) is 21.2. The van der Waals surface area contributed by atoms with E-state index in [1.165, 1.54) is 18.2 Å². The number of amides is 1. The normalized spacial score (nSPS) is 17.2. The first kappa shape index (κ1) is 29.1. The Morgan fingerprint density at radius 2 is 1.68 bits per heavy atom. The molecule has 0 aromatic heterocycles. The third-order valence-corrected chi connectivity index (χ3v) is 7.96. The zero-order valence-corrected chi connectivity index (χ0v) is 24.6. The van der Waals surface area contributed by atoms with Gasteiger partial charge in [-0.2, -0.15) is 0 Å². The van der Waals surface area contributed by atoms with Crippen LogP contribution in [0.1, 0.15) is 43.9 Å². The molecular formula is C36H33F2N3O3. The number of para-hydroxylation sites is 3. The molecule has 4 aromatic rings. The van der Waals surface area contributed by atoms with Crippen LogP contribution in [0.25, 0.3) is 0 Å². The molecule has 2 aliphatic rings. The number of fused-ring (bicyclic) bond motifs is 1. The highest BCUT2D eigenvalue weighted by Crippen LogP contribution is 2.48. The molecule has 0 saturated carbocycles. The number of Topliss-reactive ketones (excluding diaryl/α,β-unsaturated/α-hetero) is 1. The second-order valence-corrected chi connectivity index (χ2v) is 12.0. The summed E-state index contributed by atoms with van der Waals surface area (Å²) in [5.74, 6) is -0.721. The van der Waals surface area contributed by atoms with Crippen LogP contribution >= 0.6 is 0 Å². The summed E-state index contributed by atoms with van der Waals surface area (Å²) < 4.78 is 34.5. The first-order valence-corrected chi connectivity index (χ1v) is 14.6. The zero-order valence-electron chi connectivity index (χ0n) is 24.6. The van der Waals surface area contributed by atoms with E-state index in [1.54, 1.807) is 48.5 Å². The minimum Gasteiger partial charge on any atom is -0.454 e. The van der Waals surface area contributed by atoms with Crippen molar-refractivity contribution >= 4 is 23.1 Å². The smallest absolute Gasteiger partial charge is 0.239 e. The van der Waals surface area contributed by atoms with E-state index in [-0.39, 0.29) is 41.8 Å². The minimum absolute atomic E-state index is 0.0191. The Labute approximate surface area is 255 Å². The molecule has 2 N–H and O–H groups in total. The maximum Gasteiger partial charge on any atom is 0.239 e. The number of nitrogens with zero attached hydrogens (tertiary/aromatic N) is 1. The van der Waals surface area contributed by atoms with Crippen LogP contribution in [0.3, 0.4) is 0 Å². The second-order valence-electron chi connectivity index (χ2n) is 12.0. The van der Waals surface area contributed by atoms with Crippen LogP contribution in [0.2, 0.25) is 0 Å². The standard InChI is InChI=1S/C36H33F2N3O3/c1-36(2)19-29-34(31(42)20-36)35(24-14-17-27(38)32(18-24)44-26-8-4-3-5-9-26)41(30-11-7-6-10-28(30)40-29)22-33(43)39-21-23-12-15-25(37)16-13-23/h3-18,35,40H,19-22H2,1-2H3,(H,39,43). The fourth-order valence-electron chi connectivity index (χ4n) is 5.97. The van der Waals surface area contributed by atoms with Gasteiger partial charge in [0.25, 0.3) is 0 Å². The molecule has 6 rings (SSSR count). The molecule has 1 aliphatic carbocycles. The predicted octanol–water partition coefficient (Wildman–Crippen LogP) is 7.69. The van der Waals surface area contributed by atoms with Crippen molar-refractivity contribution < 1.29 is 23.1 Å². The topological polar surface area (TPSA) is 70.7 Å². The number of allylic oxidation sites excluding steroid dienone is 1. The molecule has 0 fully saturated rings. The lowest BCUT2D eigenvalue weighted by Gasteiger charge is -2.38. The van der Waals surface area contributed by atoms with Crippen LogP contribution in [0.4, 0.5) is 20.2 Å². The van der Waals surface area contributed by atoms with Gasteiger partial charge < -0.3 is 20.3 Å². The molecule has 1 heterocycles. The number of hydrogen-bond donors (Lipinski definition) is 2. The van der Waals surface area contributed by atoms with Gasteiger partial charge in [0.15, 0.2) is 17.3 Å². The molecule has 6 nitrogen and oxygen atoms in total. The van der Waals surface area contributed by atoms with Gasteiger partial charge in [0.2, 0.25) is 5.91 Å². The molecule has 1 amide bonds. The van der Waals surface area contributed by atoms with E-state index in [2.05, 4.69) is 24.5 Å². The lowest BCUT2D eigenvalue weighted by atomic mass is 9.73. The van der Waals surface area contributed by atoms with Crippen molar-refractivity contribution in [2.45, 2.75) is 39.3 Å². The highest BCUT2D eigenvalue weighted by Gasteiger charge is 2.42. The van der Waals surface area contributed by atoms with Crippen LogP contribution < -0.4 is 20.3 Å². The van der Waals surface area contributed by atoms with Gasteiger partial charge in [-0.3, -0.25) is 9.59 Å². The Morgan fingerprint density at radius 3 is 2.45 bits per heavy atom. The number of hydrogen-bond acceptors (Lipinski definition) is 5. The molecule has 0 bridgehead atoms. The zero-order chi connectivity index (χ0) is 30.8. The highest BCUT2D eigenvalue weighted by molar-refractivity contribution is 6.02. The molecule has 4 aromatic carbocycles.